The number of rotatable bonds is 1. The summed E-state index contributed by atoms with van der Waals surface area (Å²) in [5, 5.41) is 0. The molecular weight excluding hydrogens is 406 g/mol. The van der Waals surface area contributed by atoms with Gasteiger partial charge >= 0.3 is 0 Å². The molecule has 3 nitrogen and oxygen atoms in total. The second kappa shape index (κ2) is 5.63. The molecular formula is C21H16BrN3S. The summed E-state index contributed by atoms with van der Waals surface area (Å²) < 4.78 is 10.0. The highest BCUT2D eigenvalue weighted by Crippen LogP contribution is 2.52. The third-order valence-corrected chi connectivity index (χ3v) is 6.39. The Hall–Kier alpha value is -2.24. The smallest absolute Gasteiger partial charge is 0.129 e. The first kappa shape index (κ1) is 16.0. The molecule has 0 saturated heterocycles. The van der Waals surface area contributed by atoms with Crippen LogP contribution in [0.3, 0.4) is 0 Å². The van der Waals surface area contributed by atoms with E-state index in [0.717, 1.165) is 21.2 Å². The average molecular weight is 422 g/mol. The van der Waals surface area contributed by atoms with Crippen LogP contribution >= 0.6 is 27.7 Å². The van der Waals surface area contributed by atoms with Crippen molar-refractivity contribution >= 4 is 55.8 Å². The van der Waals surface area contributed by atoms with Gasteiger partial charge in [-0.25, -0.2) is 0 Å². The lowest BCUT2D eigenvalue weighted by Gasteiger charge is -2.41. The zero-order chi connectivity index (χ0) is 17.9. The van der Waals surface area contributed by atoms with E-state index in [2.05, 4.69) is 104 Å². The van der Waals surface area contributed by atoms with E-state index < -0.39 is 0 Å². The van der Waals surface area contributed by atoms with Crippen LogP contribution in [0.4, 0.5) is 17.1 Å². The second-order valence-electron chi connectivity index (χ2n) is 7.02. The number of hydrogen-bond acceptors (Lipinski definition) is 4. The Balaban J connectivity index is 1.88. The SMILES string of the molecule is CC1(C)c2ccccc2N(c2ccc(Br)c3nsnc23)c2ccccc21. The quantitative estimate of drug-likeness (QED) is 0.348. The van der Waals surface area contributed by atoms with Crippen molar-refractivity contribution in [2.24, 2.45) is 0 Å². The van der Waals surface area contributed by atoms with Gasteiger partial charge in [0.1, 0.15) is 11.0 Å². The van der Waals surface area contributed by atoms with E-state index in [4.69, 9.17) is 0 Å². The maximum atomic E-state index is 4.60. The van der Waals surface area contributed by atoms with Crippen molar-refractivity contribution in [1.29, 1.82) is 0 Å². The van der Waals surface area contributed by atoms with E-state index in [9.17, 15) is 0 Å². The van der Waals surface area contributed by atoms with Gasteiger partial charge in [0.15, 0.2) is 0 Å². The fraction of sp³-hybridized carbons (Fsp3) is 0.143. The Labute approximate surface area is 164 Å². The van der Waals surface area contributed by atoms with Gasteiger partial charge in [-0.15, -0.1) is 0 Å². The Kier molecular flexibility index (Phi) is 3.46. The van der Waals surface area contributed by atoms with Crippen LogP contribution in [-0.4, -0.2) is 8.75 Å². The van der Waals surface area contributed by atoms with Crippen molar-refractivity contribution in [3.63, 3.8) is 0 Å². The summed E-state index contributed by atoms with van der Waals surface area (Å²) in [7, 11) is 0. The summed E-state index contributed by atoms with van der Waals surface area (Å²) in [6, 6.07) is 21.5. The lowest BCUT2D eigenvalue weighted by molar-refractivity contribution is 0.632. The first-order valence-electron chi connectivity index (χ1n) is 8.49. The van der Waals surface area contributed by atoms with Gasteiger partial charge in [-0.1, -0.05) is 50.2 Å². The summed E-state index contributed by atoms with van der Waals surface area (Å²) in [5.74, 6) is 0. The molecule has 0 radical (unpaired) electrons. The number of aromatic nitrogens is 2. The van der Waals surface area contributed by atoms with E-state index in [1.807, 2.05) is 0 Å². The molecule has 0 amide bonds. The molecule has 3 aromatic carbocycles. The number of halogens is 1. The number of fused-ring (bicyclic) bond motifs is 3. The van der Waals surface area contributed by atoms with Crippen LogP contribution in [0.2, 0.25) is 0 Å². The maximum absolute atomic E-state index is 4.60. The minimum atomic E-state index is -0.0571. The molecule has 26 heavy (non-hydrogen) atoms. The molecule has 5 heteroatoms. The first-order valence-corrected chi connectivity index (χ1v) is 10.0. The van der Waals surface area contributed by atoms with Crippen molar-refractivity contribution in [2.45, 2.75) is 19.3 Å². The van der Waals surface area contributed by atoms with E-state index in [-0.39, 0.29) is 5.41 Å². The van der Waals surface area contributed by atoms with Gasteiger partial charge in [-0.3, -0.25) is 0 Å². The van der Waals surface area contributed by atoms with Crippen molar-refractivity contribution in [3.05, 3.63) is 76.3 Å². The summed E-state index contributed by atoms with van der Waals surface area (Å²) >= 11 is 4.85. The van der Waals surface area contributed by atoms with Gasteiger partial charge in [0, 0.05) is 9.89 Å². The Bertz CT molecular complexity index is 1100. The minimum Gasteiger partial charge on any atom is -0.308 e. The van der Waals surface area contributed by atoms with Gasteiger partial charge < -0.3 is 4.90 Å². The van der Waals surface area contributed by atoms with Gasteiger partial charge in [0.2, 0.25) is 0 Å². The highest BCUT2D eigenvalue weighted by molar-refractivity contribution is 9.10. The molecule has 128 valence electrons. The van der Waals surface area contributed by atoms with Crippen LogP contribution < -0.4 is 4.90 Å². The van der Waals surface area contributed by atoms with Crippen LogP contribution in [0.15, 0.2) is 65.1 Å². The van der Waals surface area contributed by atoms with E-state index in [1.54, 1.807) is 0 Å². The van der Waals surface area contributed by atoms with Gasteiger partial charge in [-0.2, -0.15) is 8.75 Å². The molecule has 0 atom stereocenters. The molecule has 1 aliphatic heterocycles. The standard InChI is InChI=1S/C21H16BrN3S/c1-21(2)13-7-3-5-9-16(13)25(17-10-6-4-8-14(17)21)18-12-11-15(22)19-20(18)24-26-23-19/h3-12H,1-2H3. The highest BCUT2D eigenvalue weighted by Gasteiger charge is 2.37. The number of anilines is 3. The fourth-order valence-electron chi connectivity index (χ4n) is 3.93. The van der Waals surface area contributed by atoms with Gasteiger partial charge in [0.05, 0.1) is 28.8 Å². The summed E-state index contributed by atoms with van der Waals surface area (Å²) in [6.45, 7) is 4.59. The molecule has 1 aromatic heterocycles. The molecule has 0 spiro atoms. The van der Waals surface area contributed by atoms with E-state index in [1.165, 1.54) is 34.2 Å². The Morgan fingerprint density at radius 1 is 0.769 bits per heavy atom. The summed E-state index contributed by atoms with van der Waals surface area (Å²) in [6.07, 6.45) is 0. The van der Waals surface area contributed by atoms with Crippen molar-refractivity contribution in [3.8, 4) is 0 Å². The predicted molar refractivity (Wildman–Crippen MR) is 112 cm³/mol. The van der Waals surface area contributed by atoms with Gasteiger partial charge in [-0.05, 0) is 51.3 Å². The Morgan fingerprint density at radius 3 is 2.00 bits per heavy atom. The average Bonchev–Trinajstić information content (AvgIpc) is 3.15. The van der Waals surface area contributed by atoms with Crippen molar-refractivity contribution in [2.75, 3.05) is 4.90 Å². The number of benzene rings is 3. The Morgan fingerprint density at radius 2 is 1.35 bits per heavy atom. The van der Waals surface area contributed by atoms with Crippen molar-refractivity contribution < 1.29 is 0 Å². The fourth-order valence-corrected chi connectivity index (χ4v) is 5.03. The van der Waals surface area contributed by atoms with Crippen LogP contribution in [0.25, 0.3) is 11.0 Å². The molecule has 0 unspecified atom stereocenters. The summed E-state index contributed by atoms with van der Waals surface area (Å²) in [5.41, 5.74) is 7.88. The predicted octanol–water partition coefficient (Wildman–Crippen LogP) is 6.56. The molecule has 0 fully saturated rings. The number of hydrogen-bond donors (Lipinski definition) is 0. The molecule has 4 aromatic rings. The topological polar surface area (TPSA) is 29.0 Å². The molecule has 5 rings (SSSR count). The molecule has 2 heterocycles. The largest absolute Gasteiger partial charge is 0.308 e. The normalized spacial score (nSPS) is 15.0. The molecule has 0 N–H and O–H groups in total. The van der Waals surface area contributed by atoms with Crippen LogP contribution in [0, 0.1) is 0 Å². The van der Waals surface area contributed by atoms with E-state index in [0.29, 0.717) is 0 Å². The van der Waals surface area contributed by atoms with Crippen LogP contribution in [0.5, 0.6) is 0 Å². The van der Waals surface area contributed by atoms with Gasteiger partial charge in [0.25, 0.3) is 0 Å². The first-order chi connectivity index (χ1) is 12.6. The third kappa shape index (κ3) is 2.10. The lowest BCUT2D eigenvalue weighted by atomic mass is 9.73. The zero-order valence-electron chi connectivity index (χ0n) is 14.4. The monoisotopic (exact) mass is 421 g/mol. The minimum absolute atomic E-state index is 0.0571. The molecule has 0 saturated carbocycles. The maximum Gasteiger partial charge on any atom is 0.129 e. The highest BCUT2D eigenvalue weighted by atomic mass is 79.9. The lowest BCUT2D eigenvalue weighted by Crippen LogP contribution is -2.30. The molecule has 1 aliphatic rings. The zero-order valence-corrected chi connectivity index (χ0v) is 16.8. The van der Waals surface area contributed by atoms with E-state index >= 15 is 0 Å². The number of nitrogens with zero attached hydrogens (tertiary/aromatic N) is 3. The van der Waals surface area contributed by atoms with Crippen LogP contribution in [-0.2, 0) is 5.41 Å². The molecule has 0 aliphatic carbocycles. The van der Waals surface area contributed by atoms with Crippen LogP contribution in [0.1, 0.15) is 25.0 Å². The number of para-hydroxylation sites is 2. The third-order valence-electron chi connectivity index (χ3n) is 5.22. The van der Waals surface area contributed by atoms with Crippen molar-refractivity contribution in [1.82, 2.24) is 8.75 Å². The second-order valence-corrected chi connectivity index (χ2v) is 8.41. The molecule has 0 bridgehead atoms. The summed E-state index contributed by atoms with van der Waals surface area (Å²) in [4.78, 5) is 2.33.